The normalized spacial score (nSPS) is 22.0. The third kappa shape index (κ3) is 5.68. The number of piperidine rings is 1. The average Bonchev–Trinajstić information content (AvgIpc) is 2.27. The van der Waals surface area contributed by atoms with Gasteiger partial charge in [0.1, 0.15) is 6.10 Å². The standard InChI is InChI=1S/C11H22N2O2.ClH/c1-3-15-9(2)11(14)13-8-10-5-4-6-12-7-10;/h9-10,12H,3-8H2,1-2H3,(H,13,14);1H. The molecule has 0 bridgehead atoms. The van der Waals surface area contributed by atoms with E-state index < -0.39 is 0 Å². The van der Waals surface area contributed by atoms with Gasteiger partial charge in [0.15, 0.2) is 0 Å². The van der Waals surface area contributed by atoms with Crippen molar-refractivity contribution in [3.63, 3.8) is 0 Å². The van der Waals surface area contributed by atoms with Gasteiger partial charge in [-0.15, -0.1) is 12.4 Å². The summed E-state index contributed by atoms with van der Waals surface area (Å²) in [5.74, 6) is 0.582. The maximum Gasteiger partial charge on any atom is 0.248 e. The Morgan fingerprint density at radius 1 is 1.62 bits per heavy atom. The summed E-state index contributed by atoms with van der Waals surface area (Å²) in [5.41, 5.74) is 0. The minimum absolute atomic E-state index is 0. The van der Waals surface area contributed by atoms with Crippen LogP contribution in [0.3, 0.4) is 0 Å². The zero-order valence-electron chi connectivity index (χ0n) is 10.1. The highest BCUT2D eigenvalue weighted by atomic mass is 35.5. The van der Waals surface area contributed by atoms with Gasteiger partial charge in [-0.3, -0.25) is 4.79 Å². The highest BCUT2D eigenvalue weighted by molar-refractivity contribution is 5.85. The molecule has 0 aromatic rings. The van der Waals surface area contributed by atoms with Gasteiger partial charge in [-0.25, -0.2) is 0 Å². The first-order chi connectivity index (χ1) is 7.24. The Labute approximate surface area is 104 Å². The second-order valence-corrected chi connectivity index (χ2v) is 4.06. The van der Waals surface area contributed by atoms with Crippen LogP contribution >= 0.6 is 12.4 Å². The molecule has 0 aromatic carbocycles. The summed E-state index contributed by atoms with van der Waals surface area (Å²) in [6.07, 6.45) is 2.09. The molecule has 0 aromatic heterocycles. The second-order valence-electron chi connectivity index (χ2n) is 4.06. The van der Waals surface area contributed by atoms with Crippen molar-refractivity contribution in [2.24, 2.45) is 5.92 Å². The number of halogens is 1. The van der Waals surface area contributed by atoms with Crippen molar-refractivity contribution in [1.82, 2.24) is 10.6 Å². The van der Waals surface area contributed by atoms with Gasteiger partial charge in [0.25, 0.3) is 0 Å². The quantitative estimate of drug-likeness (QED) is 0.764. The minimum Gasteiger partial charge on any atom is -0.369 e. The second kappa shape index (κ2) is 8.79. The highest BCUT2D eigenvalue weighted by Gasteiger charge is 2.16. The fourth-order valence-electron chi connectivity index (χ4n) is 1.81. The molecule has 1 aliphatic rings. The fraction of sp³-hybridized carbons (Fsp3) is 0.909. The van der Waals surface area contributed by atoms with E-state index in [4.69, 9.17) is 4.74 Å². The predicted octanol–water partition coefficient (Wildman–Crippen LogP) is 0.949. The molecule has 0 aliphatic carbocycles. The van der Waals surface area contributed by atoms with Crippen molar-refractivity contribution in [3.05, 3.63) is 0 Å². The van der Waals surface area contributed by atoms with Crippen LogP contribution in [-0.2, 0) is 9.53 Å². The largest absolute Gasteiger partial charge is 0.369 e. The van der Waals surface area contributed by atoms with E-state index in [9.17, 15) is 4.79 Å². The number of nitrogens with one attached hydrogen (secondary N) is 2. The summed E-state index contributed by atoms with van der Waals surface area (Å²) >= 11 is 0. The average molecular weight is 251 g/mol. The Morgan fingerprint density at radius 3 is 2.94 bits per heavy atom. The Bertz CT molecular complexity index is 196. The van der Waals surface area contributed by atoms with E-state index >= 15 is 0 Å². The van der Waals surface area contributed by atoms with Crippen LogP contribution < -0.4 is 10.6 Å². The molecule has 1 rings (SSSR count). The van der Waals surface area contributed by atoms with Crippen LogP contribution in [0.25, 0.3) is 0 Å². The van der Waals surface area contributed by atoms with E-state index in [1.54, 1.807) is 6.92 Å². The van der Waals surface area contributed by atoms with Crippen LogP contribution in [-0.4, -0.2) is 38.3 Å². The molecule has 0 spiro atoms. The van der Waals surface area contributed by atoms with Crippen molar-refractivity contribution in [2.45, 2.75) is 32.8 Å². The van der Waals surface area contributed by atoms with Crippen LogP contribution in [0.4, 0.5) is 0 Å². The first kappa shape index (κ1) is 15.7. The van der Waals surface area contributed by atoms with Gasteiger partial charge in [0, 0.05) is 13.2 Å². The molecule has 1 amide bonds. The molecule has 2 N–H and O–H groups in total. The number of hydrogen-bond donors (Lipinski definition) is 2. The third-order valence-corrected chi connectivity index (χ3v) is 2.75. The van der Waals surface area contributed by atoms with Gasteiger partial charge in [-0.05, 0) is 45.7 Å². The number of hydrogen-bond acceptors (Lipinski definition) is 3. The van der Waals surface area contributed by atoms with Gasteiger partial charge in [-0.2, -0.15) is 0 Å². The number of rotatable bonds is 5. The molecule has 1 saturated heterocycles. The first-order valence-corrected chi connectivity index (χ1v) is 5.84. The van der Waals surface area contributed by atoms with E-state index in [1.807, 2.05) is 6.92 Å². The van der Waals surface area contributed by atoms with Crippen molar-refractivity contribution in [1.29, 1.82) is 0 Å². The lowest BCUT2D eigenvalue weighted by molar-refractivity contribution is -0.131. The molecule has 0 radical (unpaired) electrons. The summed E-state index contributed by atoms with van der Waals surface area (Å²) in [4.78, 5) is 11.5. The Hall–Kier alpha value is -0.320. The molecule has 0 saturated carbocycles. The topological polar surface area (TPSA) is 50.4 Å². The number of ether oxygens (including phenoxy) is 1. The van der Waals surface area contributed by atoms with Crippen LogP contribution in [0.15, 0.2) is 0 Å². The maximum absolute atomic E-state index is 11.5. The Kier molecular flexibility index (Phi) is 8.61. The van der Waals surface area contributed by atoms with Crippen LogP contribution in [0.1, 0.15) is 26.7 Å². The van der Waals surface area contributed by atoms with Gasteiger partial charge >= 0.3 is 0 Å². The Morgan fingerprint density at radius 2 is 2.38 bits per heavy atom. The van der Waals surface area contributed by atoms with Crippen LogP contribution in [0.2, 0.25) is 0 Å². The van der Waals surface area contributed by atoms with E-state index in [-0.39, 0.29) is 24.4 Å². The zero-order valence-corrected chi connectivity index (χ0v) is 10.9. The summed E-state index contributed by atoms with van der Waals surface area (Å²) in [6.45, 7) is 7.17. The number of carbonyl (C=O) groups excluding carboxylic acids is 1. The summed E-state index contributed by atoms with van der Waals surface area (Å²) in [5, 5.41) is 6.26. The summed E-state index contributed by atoms with van der Waals surface area (Å²) in [7, 11) is 0. The number of carbonyl (C=O) groups is 1. The molecule has 1 fully saturated rings. The monoisotopic (exact) mass is 250 g/mol. The molecule has 1 aliphatic heterocycles. The SMILES string of the molecule is CCOC(C)C(=O)NCC1CCCNC1.Cl. The maximum atomic E-state index is 11.5. The van der Waals surface area contributed by atoms with Gasteiger partial charge in [0.05, 0.1) is 0 Å². The van der Waals surface area contributed by atoms with Crippen molar-refractivity contribution in [2.75, 3.05) is 26.2 Å². The molecule has 96 valence electrons. The summed E-state index contributed by atoms with van der Waals surface area (Å²) < 4.78 is 5.22. The molecule has 4 nitrogen and oxygen atoms in total. The lowest BCUT2D eigenvalue weighted by Gasteiger charge is -2.23. The Balaban J connectivity index is 0.00000225. The van der Waals surface area contributed by atoms with Gasteiger partial charge in [0.2, 0.25) is 5.91 Å². The van der Waals surface area contributed by atoms with Crippen molar-refractivity contribution < 1.29 is 9.53 Å². The third-order valence-electron chi connectivity index (χ3n) is 2.75. The van der Waals surface area contributed by atoms with E-state index in [1.165, 1.54) is 12.8 Å². The number of amides is 1. The lowest BCUT2D eigenvalue weighted by Crippen LogP contribution is -2.41. The van der Waals surface area contributed by atoms with Gasteiger partial charge < -0.3 is 15.4 Å². The van der Waals surface area contributed by atoms with E-state index in [0.29, 0.717) is 12.5 Å². The molecule has 1 heterocycles. The fourth-order valence-corrected chi connectivity index (χ4v) is 1.81. The lowest BCUT2D eigenvalue weighted by atomic mass is 10.00. The highest BCUT2D eigenvalue weighted by Crippen LogP contribution is 2.08. The smallest absolute Gasteiger partial charge is 0.248 e. The van der Waals surface area contributed by atoms with E-state index in [2.05, 4.69) is 10.6 Å². The van der Waals surface area contributed by atoms with Crippen LogP contribution in [0, 0.1) is 5.92 Å². The van der Waals surface area contributed by atoms with Crippen LogP contribution in [0.5, 0.6) is 0 Å². The zero-order chi connectivity index (χ0) is 11.1. The molecule has 2 unspecified atom stereocenters. The molecular weight excluding hydrogens is 228 g/mol. The van der Waals surface area contributed by atoms with Gasteiger partial charge in [-0.1, -0.05) is 0 Å². The molecule has 5 heteroatoms. The van der Waals surface area contributed by atoms with Crippen molar-refractivity contribution in [3.8, 4) is 0 Å². The predicted molar refractivity (Wildman–Crippen MR) is 66.9 cm³/mol. The minimum atomic E-state index is -0.327. The molecular formula is C11H23ClN2O2. The summed E-state index contributed by atoms with van der Waals surface area (Å²) in [6, 6.07) is 0. The molecule has 16 heavy (non-hydrogen) atoms. The van der Waals surface area contributed by atoms with E-state index in [0.717, 1.165) is 19.6 Å². The van der Waals surface area contributed by atoms with Crippen molar-refractivity contribution >= 4 is 18.3 Å². The first-order valence-electron chi connectivity index (χ1n) is 5.84. The molecule has 2 atom stereocenters.